The van der Waals surface area contributed by atoms with Crippen molar-refractivity contribution < 1.29 is 9.18 Å². The number of hydrogen-bond donors (Lipinski definition) is 0. The lowest BCUT2D eigenvalue weighted by Crippen LogP contribution is -2.48. The molecule has 1 amide bonds. The summed E-state index contributed by atoms with van der Waals surface area (Å²) in [4.78, 5) is 28.1. The van der Waals surface area contributed by atoms with E-state index in [9.17, 15) is 14.0 Å². The van der Waals surface area contributed by atoms with Crippen molar-refractivity contribution in [3.63, 3.8) is 0 Å². The molecule has 0 aliphatic carbocycles. The van der Waals surface area contributed by atoms with Gasteiger partial charge in [-0.25, -0.2) is 4.39 Å². The van der Waals surface area contributed by atoms with Gasteiger partial charge in [0.2, 0.25) is 5.91 Å². The Morgan fingerprint density at radius 3 is 2.58 bits per heavy atom. The molecule has 1 saturated heterocycles. The van der Waals surface area contributed by atoms with Gasteiger partial charge < -0.3 is 9.47 Å². The Morgan fingerprint density at radius 1 is 1.12 bits per heavy atom. The molecule has 1 aromatic heterocycles. The molecule has 1 fully saturated rings. The lowest BCUT2D eigenvalue weighted by Gasteiger charge is -2.35. The fourth-order valence-corrected chi connectivity index (χ4v) is 3.29. The van der Waals surface area contributed by atoms with Crippen molar-refractivity contribution in [2.45, 2.75) is 19.5 Å². The maximum absolute atomic E-state index is 13.1. The number of halogens is 2. The van der Waals surface area contributed by atoms with Crippen LogP contribution >= 0.6 is 11.6 Å². The molecule has 5 nitrogen and oxygen atoms in total. The van der Waals surface area contributed by atoms with E-state index in [0.717, 1.165) is 18.7 Å². The molecule has 2 heterocycles. The first kappa shape index (κ1) is 18.6. The molecule has 1 aromatic carbocycles. The SMILES string of the molecule is O=C(CCn1ccccc1=O)N1CCN(Cc2ccc(F)cc2Cl)CC1. The van der Waals surface area contributed by atoms with Gasteiger partial charge in [-0.05, 0) is 23.8 Å². The van der Waals surface area contributed by atoms with Crippen LogP contribution in [-0.4, -0.2) is 46.5 Å². The van der Waals surface area contributed by atoms with Crippen LogP contribution in [0.4, 0.5) is 4.39 Å². The zero-order valence-electron chi connectivity index (χ0n) is 14.4. The first-order valence-corrected chi connectivity index (χ1v) is 9.00. The number of benzene rings is 1. The molecule has 1 aliphatic heterocycles. The molecule has 0 bridgehead atoms. The van der Waals surface area contributed by atoms with Crippen molar-refractivity contribution in [1.82, 2.24) is 14.4 Å². The number of nitrogens with zero attached hydrogens (tertiary/aromatic N) is 3. The molecular weight excluding hydrogens is 357 g/mol. The number of pyridine rings is 1. The minimum absolute atomic E-state index is 0.0558. The molecule has 0 N–H and O–H groups in total. The highest BCUT2D eigenvalue weighted by atomic mass is 35.5. The van der Waals surface area contributed by atoms with E-state index in [-0.39, 0.29) is 17.3 Å². The number of amides is 1. The van der Waals surface area contributed by atoms with Gasteiger partial charge in [0, 0.05) is 63.0 Å². The quantitative estimate of drug-likeness (QED) is 0.803. The molecular formula is C19H21ClFN3O2. The second-order valence-corrected chi connectivity index (χ2v) is 6.78. The average Bonchev–Trinajstić information content (AvgIpc) is 2.64. The highest BCUT2D eigenvalue weighted by Gasteiger charge is 2.21. The van der Waals surface area contributed by atoms with Gasteiger partial charge in [0.05, 0.1) is 0 Å². The van der Waals surface area contributed by atoms with Crippen LogP contribution in [0, 0.1) is 5.82 Å². The Balaban J connectivity index is 1.48. The number of aromatic nitrogens is 1. The summed E-state index contributed by atoms with van der Waals surface area (Å²) in [6, 6.07) is 9.39. The minimum atomic E-state index is -0.341. The second kappa shape index (κ2) is 8.47. The highest BCUT2D eigenvalue weighted by molar-refractivity contribution is 6.31. The molecule has 0 unspecified atom stereocenters. The smallest absolute Gasteiger partial charge is 0.250 e. The van der Waals surface area contributed by atoms with Crippen molar-refractivity contribution in [2.75, 3.05) is 26.2 Å². The predicted octanol–water partition coefficient (Wildman–Crippen LogP) is 2.38. The zero-order valence-corrected chi connectivity index (χ0v) is 15.2. The fraction of sp³-hybridized carbons (Fsp3) is 0.368. The van der Waals surface area contributed by atoms with Gasteiger partial charge in [-0.2, -0.15) is 0 Å². The van der Waals surface area contributed by atoms with Crippen LogP contribution in [0.1, 0.15) is 12.0 Å². The van der Waals surface area contributed by atoms with Gasteiger partial charge in [0.1, 0.15) is 5.82 Å². The van der Waals surface area contributed by atoms with Gasteiger partial charge in [-0.15, -0.1) is 0 Å². The summed E-state index contributed by atoms with van der Waals surface area (Å²) in [6.45, 7) is 3.79. The van der Waals surface area contributed by atoms with Crippen LogP contribution in [0.25, 0.3) is 0 Å². The molecule has 0 saturated carbocycles. The van der Waals surface area contributed by atoms with Crippen molar-refractivity contribution in [3.8, 4) is 0 Å². The second-order valence-electron chi connectivity index (χ2n) is 6.37. The first-order chi connectivity index (χ1) is 12.5. The van der Waals surface area contributed by atoms with Gasteiger partial charge in [-0.3, -0.25) is 14.5 Å². The van der Waals surface area contributed by atoms with Crippen LogP contribution in [0.5, 0.6) is 0 Å². The van der Waals surface area contributed by atoms with Gasteiger partial charge in [0.25, 0.3) is 5.56 Å². The number of aryl methyl sites for hydroxylation is 1. The Morgan fingerprint density at radius 2 is 1.88 bits per heavy atom. The molecule has 3 rings (SSSR count). The molecule has 0 atom stereocenters. The van der Waals surface area contributed by atoms with Crippen LogP contribution in [-0.2, 0) is 17.9 Å². The highest BCUT2D eigenvalue weighted by Crippen LogP contribution is 2.19. The van der Waals surface area contributed by atoms with Crippen LogP contribution < -0.4 is 5.56 Å². The minimum Gasteiger partial charge on any atom is -0.340 e. The summed E-state index contributed by atoms with van der Waals surface area (Å²) in [5.74, 6) is -0.285. The Kier molecular flexibility index (Phi) is 6.06. The van der Waals surface area contributed by atoms with Crippen molar-refractivity contribution in [3.05, 3.63) is 69.4 Å². The van der Waals surface area contributed by atoms with E-state index >= 15 is 0 Å². The summed E-state index contributed by atoms with van der Waals surface area (Å²) in [6.07, 6.45) is 2.01. The summed E-state index contributed by atoms with van der Waals surface area (Å²) >= 11 is 6.08. The standard InChI is InChI=1S/C19H21ClFN3O2/c20-17-13-16(21)5-4-15(17)14-22-9-11-24(12-10-22)19(26)6-8-23-7-2-1-3-18(23)25/h1-5,7,13H,6,8-12,14H2. The van der Waals surface area contributed by atoms with Crippen molar-refractivity contribution >= 4 is 17.5 Å². The Labute approximate surface area is 156 Å². The zero-order chi connectivity index (χ0) is 18.5. The maximum Gasteiger partial charge on any atom is 0.250 e. The van der Waals surface area contributed by atoms with E-state index in [4.69, 9.17) is 11.6 Å². The van der Waals surface area contributed by atoms with Gasteiger partial charge in [-0.1, -0.05) is 23.7 Å². The van der Waals surface area contributed by atoms with Gasteiger partial charge >= 0.3 is 0 Å². The van der Waals surface area contributed by atoms with Crippen molar-refractivity contribution in [1.29, 1.82) is 0 Å². The Bertz CT molecular complexity index is 832. The monoisotopic (exact) mass is 377 g/mol. The van der Waals surface area contributed by atoms with E-state index in [1.54, 1.807) is 29.0 Å². The van der Waals surface area contributed by atoms with Crippen LogP contribution in [0.15, 0.2) is 47.4 Å². The summed E-state index contributed by atoms with van der Waals surface area (Å²) in [5.41, 5.74) is 0.789. The largest absolute Gasteiger partial charge is 0.340 e. The normalized spacial score (nSPS) is 15.2. The third kappa shape index (κ3) is 4.71. The lowest BCUT2D eigenvalue weighted by atomic mass is 10.2. The molecule has 0 spiro atoms. The van der Waals surface area contributed by atoms with E-state index in [1.165, 1.54) is 18.2 Å². The molecule has 0 radical (unpaired) electrons. The number of piperazine rings is 1. The van der Waals surface area contributed by atoms with E-state index in [0.29, 0.717) is 37.6 Å². The maximum atomic E-state index is 13.1. The number of carbonyl (C=O) groups is 1. The van der Waals surface area contributed by atoms with E-state index in [2.05, 4.69) is 4.90 Å². The third-order valence-corrected chi connectivity index (χ3v) is 4.95. The van der Waals surface area contributed by atoms with Gasteiger partial charge in [0.15, 0.2) is 0 Å². The lowest BCUT2D eigenvalue weighted by molar-refractivity contribution is -0.133. The molecule has 7 heteroatoms. The first-order valence-electron chi connectivity index (χ1n) is 8.62. The number of carbonyl (C=O) groups excluding carboxylic acids is 1. The Hall–Kier alpha value is -2.18. The molecule has 2 aromatic rings. The summed E-state index contributed by atoms with van der Waals surface area (Å²) in [5, 5.41) is 0.428. The fourth-order valence-electron chi connectivity index (χ4n) is 3.07. The van der Waals surface area contributed by atoms with Crippen molar-refractivity contribution in [2.24, 2.45) is 0 Å². The van der Waals surface area contributed by atoms with Crippen LogP contribution in [0.2, 0.25) is 5.02 Å². The number of hydrogen-bond acceptors (Lipinski definition) is 3. The van der Waals surface area contributed by atoms with E-state index < -0.39 is 0 Å². The molecule has 26 heavy (non-hydrogen) atoms. The van der Waals surface area contributed by atoms with Crippen LogP contribution in [0.3, 0.4) is 0 Å². The van der Waals surface area contributed by atoms with E-state index in [1.807, 2.05) is 4.90 Å². The summed E-state index contributed by atoms with van der Waals surface area (Å²) in [7, 11) is 0. The average molecular weight is 378 g/mol. The third-order valence-electron chi connectivity index (χ3n) is 4.60. The molecule has 138 valence electrons. The topological polar surface area (TPSA) is 45.6 Å². The predicted molar refractivity (Wildman–Crippen MR) is 98.6 cm³/mol. The summed E-state index contributed by atoms with van der Waals surface area (Å²) < 4.78 is 14.7. The molecule has 1 aliphatic rings. The number of rotatable bonds is 5.